The van der Waals surface area contributed by atoms with Crippen LogP contribution >= 0.6 is 0 Å². The summed E-state index contributed by atoms with van der Waals surface area (Å²) < 4.78 is 7.05. The quantitative estimate of drug-likeness (QED) is 0.812. The van der Waals surface area contributed by atoms with E-state index in [0.717, 1.165) is 12.0 Å². The average Bonchev–Trinajstić information content (AvgIpc) is 2.51. The summed E-state index contributed by atoms with van der Waals surface area (Å²) in [4.78, 5) is 22.7. The van der Waals surface area contributed by atoms with Crippen LogP contribution in [0.25, 0.3) is 0 Å². The van der Waals surface area contributed by atoms with Crippen LogP contribution in [0.15, 0.2) is 53.5 Å². The van der Waals surface area contributed by atoms with Crippen molar-refractivity contribution in [3.63, 3.8) is 0 Å². The molecule has 0 unspecified atom stereocenters. The minimum Gasteiger partial charge on any atom is -0.488 e. The molecule has 0 amide bonds. The number of hydrogen-bond donors (Lipinski definition) is 1. The highest BCUT2D eigenvalue weighted by molar-refractivity contribution is 5.66. The van der Waals surface area contributed by atoms with Crippen LogP contribution in [0.1, 0.15) is 18.4 Å². The molecule has 1 heterocycles. The maximum absolute atomic E-state index is 12.2. The highest BCUT2D eigenvalue weighted by atomic mass is 16.5. The third-order valence-corrected chi connectivity index (χ3v) is 3.27. The summed E-state index contributed by atoms with van der Waals surface area (Å²) in [5.41, 5.74) is 0.932. The highest BCUT2D eigenvalue weighted by Gasteiger charge is 2.05. The molecule has 0 saturated carbocycles. The second kappa shape index (κ2) is 8.02. The van der Waals surface area contributed by atoms with Gasteiger partial charge < -0.3 is 14.4 Å². The van der Waals surface area contributed by atoms with Gasteiger partial charge in [0.2, 0.25) is 0 Å². The van der Waals surface area contributed by atoms with Gasteiger partial charge in [0.1, 0.15) is 0 Å². The Morgan fingerprint density at radius 3 is 2.64 bits per heavy atom. The minimum absolute atomic E-state index is 0.0472. The minimum atomic E-state index is -0.858. The van der Waals surface area contributed by atoms with Gasteiger partial charge in [-0.15, -0.1) is 0 Å². The van der Waals surface area contributed by atoms with Gasteiger partial charge in [-0.1, -0.05) is 30.3 Å². The highest BCUT2D eigenvalue weighted by Crippen LogP contribution is 2.05. The van der Waals surface area contributed by atoms with E-state index < -0.39 is 5.97 Å². The summed E-state index contributed by atoms with van der Waals surface area (Å²) in [5, 5.41) is 8.63. The van der Waals surface area contributed by atoms with Crippen molar-refractivity contribution in [1.82, 2.24) is 4.57 Å². The van der Waals surface area contributed by atoms with E-state index in [1.807, 2.05) is 30.3 Å². The molecule has 1 aromatic carbocycles. The molecule has 1 N–H and O–H groups in total. The maximum Gasteiger partial charge on any atom is 0.303 e. The number of hydrogen-bond acceptors (Lipinski definition) is 3. The Balaban J connectivity index is 1.91. The Labute approximate surface area is 128 Å². The molecule has 0 aliphatic rings. The summed E-state index contributed by atoms with van der Waals surface area (Å²) in [6.07, 6.45) is 2.84. The maximum atomic E-state index is 12.2. The first-order chi connectivity index (χ1) is 10.7. The second-order valence-electron chi connectivity index (χ2n) is 4.95. The van der Waals surface area contributed by atoms with Crippen molar-refractivity contribution in [2.75, 3.05) is 6.61 Å². The summed E-state index contributed by atoms with van der Waals surface area (Å²) in [6, 6.07) is 13.3. The molecule has 2 rings (SSSR count). The van der Waals surface area contributed by atoms with Gasteiger partial charge in [-0.3, -0.25) is 9.59 Å². The van der Waals surface area contributed by atoms with E-state index in [1.165, 1.54) is 4.57 Å². The topological polar surface area (TPSA) is 68.5 Å². The zero-order chi connectivity index (χ0) is 15.8. The Kier molecular flexibility index (Phi) is 5.77. The first kappa shape index (κ1) is 15.8. The summed E-state index contributed by atoms with van der Waals surface area (Å²) >= 11 is 0. The fourth-order valence-corrected chi connectivity index (χ4v) is 2.12. The van der Waals surface area contributed by atoms with Crippen LogP contribution in [0.2, 0.25) is 0 Å². The number of carboxylic acids is 1. The number of pyridine rings is 1. The molecule has 0 aliphatic heterocycles. The molecule has 0 spiro atoms. The van der Waals surface area contributed by atoms with Crippen molar-refractivity contribution in [3.8, 4) is 5.75 Å². The average molecular weight is 301 g/mol. The Morgan fingerprint density at radius 1 is 1.14 bits per heavy atom. The summed E-state index contributed by atoms with van der Waals surface area (Å²) in [5.74, 6) is -0.558. The number of benzene rings is 1. The van der Waals surface area contributed by atoms with Gasteiger partial charge in [-0.05, 0) is 24.1 Å². The third-order valence-electron chi connectivity index (χ3n) is 3.27. The SMILES string of the molecule is O=C(O)CCCn1cccc(OCCc2ccccc2)c1=O. The number of aromatic nitrogens is 1. The number of nitrogens with zero attached hydrogens (tertiary/aromatic N) is 1. The molecule has 5 heteroatoms. The van der Waals surface area contributed by atoms with Crippen molar-refractivity contribution in [1.29, 1.82) is 0 Å². The molecule has 0 atom stereocenters. The van der Waals surface area contributed by atoms with Crippen molar-refractivity contribution >= 4 is 5.97 Å². The van der Waals surface area contributed by atoms with Gasteiger partial charge in [-0.25, -0.2) is 0 Å². The lowest BCUT2D eigenvalue weighted by atomic mass is 10.2. The molecule has 0 radical (unpaired) electrons. The van der Waals surface area contributed by atoms with E-state index in [-0.39, 0.29) is 12.0 Å². The standard InChI is InChI=1S/C17H19NO4/c19-16(20)9-5-12-18-11-4-8-15(17(18)21)22-13-10-14-6-2-1-3-7-14/h1-4,6-8,11H,5,9-10,12-13H2,(H,19,20). The van der Waals surface area contributed by atoms with Crippen LogP contribution < -0.4 is 10.3 Å². The smallest absolute Gasteiger partial charge is 0.303 e. The molecule has 116 valence electrons. The van der Waals surface area contributed by atoms with Gasteiger partial charge in [0.05, 0.1) is 6.61 Å². The van der Waals surface area contributed by atoms with Crippen LogP contribution in [0.4, 0.5) is 0 Å². The van der Waals surface area contributed by atoms with Crippen LogP contribution in [-0.4, -0.2) is 22.2 Å². The Morgan fingerprint density at radius 2 is 1.91 bits per heavy atom. The van der Waals surface area contributed by atoms with Gasteiger partial charge in [-0.2, -0.15) is 0 Å². The zero-order valence-electron chi connectivity index (χ0n) is 12.3. The molecule has 22 heavy (non-hydrogen) atoms. The molecule has 5 nitrogen and oxygen atoms in total. The summed E-state index contributed by atoms with van der Waals surface area (Å²) in [6.45, 7) is 0.805. The number of aryl methyl sites for hydroxylation is 1. The van der Waals surface area contributed by atoms with E-state index in [0.29, 0.717) is 25.3 Å². The third kappa shape index (κ3) is 4.77. The van der Waals surface area contributed by atoms with Crippen molar-refractivity contribution < 1.29 is 14.6 Å². The van der Waals surface area contributed by atoms with Gasteiger partial charge in [0, 0.05) is 25.6 Å². The monoisotopic (exact) mass is 301 g/mol. The lowest BCUT2D eigenvalue weighted by molar-refractivity contribution is -0.137. The first-order valence-corrected chi connectivity index (χ1v) is 7.25. The van der Waals surface area contributed by atoms with Crippen molar-refractivity contribution in [3.05, 3.63) is 64.6 Å². The number of carboxylic acid groups (broad SMARTS) is 1. The van der Waals surface area contributed by atoms with Crippen molar-refractivity contribution in [2.24, 2.45) is 0 Å². The van der Waals surface area contributed by atoms with E-state index in [1.54, 1.807) is 18.3 Å². The predicted molar refractivity (Wildman–Crippen MR) is 83.2 cm³/mol. The normalized spacial score (nSPS) is 10.4. The van der Waals surface area contributed by atoms with Crippen molar-refractivity contribution in [2.45, 2.75) is 25.8 Å². The fourth-order valence-electron chi connectivity index (χ4n) is 2.12. The van der Waals surface area contributed by atoms with E-state index in [2.05, 4.69) is 0 Å². The molecular weight excluding hydrogens is 282 g/mol. The number of ether oxygens (including phenoxy) is 1. The van der Waals surface area contributed by atoms with Crippen LogP contribution in [0.3, 0.4) is 0 Å². The van der Waals surface area contributed by atoms with Gasteiger partial charge in [0.15, 0.2) is 5.75 Å². The first-order valence-electron chi connectivity index (χ1n) is 7.25. The molecule has 0 bridgehead atoms. The molecule has 0 fully saturated rings. The van der Waals surface area contributed by atoms with Crippen LogP contribution in [0, 0.1) is 0 Å². The largest absolute Gasteiger partial charge is 0.488 e. The fraction of sp³-hybridized carbons (Fsp3) is 0.294. The van der Waals surface area contributed by atoms with E-state index >= 15 is 0 Å². The second-order valence-corrected chi connectivity index (χ2v) is 4.95. The van der Waals surface area contributed by atoms with Gasteiger partial charge in [0.25, 0.3) is 5.56 Å². The lowest BCUT2D eigenvalue weighted by Gasteiger charge is -2.09. The number of carbonyl (C=O) groups is 1. The van der Waals surface area contributed by atoms with Gasteiger partial charge >= 0.3 is 5.97 Å². The summed E-state index contributed by atoms with van der Waals surface area (Å²) in [7, 11) is 0. The lowest BCUT2D eigenvalue weighted by Crippen LogP contribution is -2.22. The molecule has 2 aromatic rings. The molecule has 0 saturated heterocycles. The Hall–Kier alpha value is -2.56. The van der Waals surface area contributed by atoms with E-state index in [4.69, 9.17) is 9.84 Å². The molecule has 1 aromatic heterocycles. The molecular formula is C17H19NO4. The Bertz CT molecular complexity index is 664. The zero-order valence-corrected chi connectivity index (χ0v) is 12.3. The van der Waals surface area contributed by atoms with Crippen LogP contribution in [-0.2, 0) is 17.8 Å². The van der Waals surface area contributed by atoms with E-state index in [9.17, 15) is 9.59 Å². The predicted octanol–water partition coefficient (Wildman–Crippen LogP) is 2.33. The van der Waals surface area contributed by atoms with Crippen LogP contribution in [0.5, 0.6) is 5.75 Å². The molecule has 0 aliphatic carbocycles. The number of aliphatic carboxylic acids is 1. The number of rotatable bonds is 8.